The van der Waals surface area contributed by atoms with Crippen molar-refractivity contribution in [3.63, 3.8) is 0 Å². The largest absolute Gasteiger partial charge is 0.370 e. The molecule has 23 heavy (non-hydrogen) atoms. The lowest BCUT2D eigenvalue weighted by atomic mass is 10.0. The minimum atomic E-state index is -0.387. The third kappa shape index (κ3) is 3.54. The fourth-order valence-electron chi connectivity index (χ4n) is 2.92. The molecule has 1 amide bonds. The molecule has 2 aromatic rings. The van der Waals surface area contributed by atoms with E-state index in [-0.39, 0.29) is 11.9 Å². The molecular weight excluding hydrogens is 284 g/mol. The molecule has 3 rings (SSSR count). The van der Waals surface area contributed by atoms with Gasteiger partial charge >= 0.3 is 0 Å². The van der Waals surface area contributed by atoms with Crippen molar-refractivity contribution in [3.8, 4) is 12.3 Å². The molecule has 1 heterocycles. The molecule has 0 spiro atoms. The molecule has 1 unspecified atom stereocenters. The number of nitrogens with one attached hydrogen (secondary N) is 1. The monoisotopic (exact) mass is 304 g/mol. The standard InChI is InChI=1S/C20H20N2O/c1-2-16-9-8-12-18(15-16)21-19(17-10-4-3-5-11-17)20(23)22-13-6-7-14-22/h1,3-5,8-12,15,19,21H,6-7,13-14H2. The molecule has 1 atom stereocenters. The minimum Gasteiger partial charge on any atom is -0.370 e. The molecule has 1 fully saturated rings. The zero-order chi connectivity index (χ0) is 16.1. The quantitative estimate of drug-likeness (QED) is 0.878. The molecule has 0 aromatic heterocycles. The van der Waals surface area contributed by atoms with Gasteiger partial charge in [0.1, 0.15) is 6.04 Å². The lowest BCUT2D eigenvalue weighted by Crippen LogP contribution is -2.36. The highest BCUT2D eigenvalue weighted by Crippen LogP contribution is 2.24. The van der Waals surface area contributed by atoms with Crippen LogP contribution < -0.4 is 5.32 Å². The average molecular weight is 304 g/mol. The van der Waals surface area contributed by atoms with Gasteiger partial charge in [0.05, 0.1) is 0 Å². The number of anilines is 1. The molecule has 0 bridgehead atoms. The minimum absolute atomic E-state index is 0.125. The van der Waals surface area contributed by atoms with E-state index in [2.05, 4.69) is 11.2 Å². The molecule has 2 aromatic carbocycles. The Kier molecular flexibility index (Phi) is 4.63. The van der Waals surface area contributed by atoms with Gasteiger partial charge in [-0.05, 0) is 36.6 Å². The summed E-state index contributed by atoms with van der Waals surface area (Å²) in [4.78, 5) is 14.9. The number of likely N-dealkylation sites (tertiary alicyclic amines) is 1. The second-order valence-corrected chi connectivity index (χ2v) is 5.75. The Bertz CT molecular complexity index is 712. The van der Waals surface area contributed by atoms with E-state index in [1.807, 2.05) is 59.5 Å². The van der Waals surface area contributed by atoms with E-state index in [0.29, 0.717) is 0 Å². The normalized spacial score (nSPS) is 15.0. The van der Waals surface area contributed by atoms with Gasteiger partial charge in [-0.2, -0.15) is 0 Å². The van der Waals surface area contributed by atoms with Crippen molar-refractivity contribution in [2.45, 2.75) is 18.9 Å². The lowest BCUT2D eigenvalue weighted by molar-refractivity contribution is -0.131. The van der Waals surface area contributed by atoms with E-state index in [9.17, 15) is 4.79 Å². The molecule has 116 valence electrons. The van der Waals surface area contributed by atoms with Crippen molar-refractivity contribution in [3.05, 3.63) is 65.7 Å². The predicted octanol–water partition coefficient (Wildman–Crippen LogP) is 3.44. The Hall–Kier alpha value is -2.73. The third-order valence-corrected chi connectivity index (χ3v) is 4.14. The summed E-state index contributed by atoms with van der Waals surface area (Å²) in [5.74, 6) is 2.75. The molecule has 0 saturated carbocycles. The second kappa shape index (κ2) is 7.02. The predicted molar refractivity (Wildman–Crippen MR) is 93.0 cm³/mol. The van der Waals surface area contributed by atoms with E-state index in [4.69, 9.17) is 6.42 Å². The maximum absolute atomic E-state index is 12.9. The van der Waals surface area contributed by atoms with E-state index in [1.54, 1.807) is 0 Å². The Morgan fingerprint density at radius 3 is 2.52 bits per heavy atom. The summed E-state index contributed by atoms with van der Waals surface area (Å²) in [6, 6.07) is 17.1. The van der Waals surface area contributed by atoms with Crippen LogP contribution in [0.25, 0.3) is 0 Å². The summed E-state index contributed by atoms with van der Waals surface area (Å²) >= 11 is 0. The fourth-order valence-corrected chi connectivity index (χ4v) is 2.92. The summed E-state index contributed by atoms with van der Waals surface area (Å²) in [7, 11) is 0. The number of benzene rings is 2. The van der Waals surface area contributed by atoms with Crippen LogP contribution in [0.5, 0.6) is 0 Å². The van der Waals surface area contributed by atoms with Crippen molar-refractivity contribution in [2.75, 3.05) is 18.4 Å². The summed E-state index contributed by atoms with van der Waals surface area (Å²) in [6.45, 7) is 1.68. The number of rotatable bonds is 4. The summed E-state index contributed by atoms with van der Waals surface area (Å²) in [6.07, 6.45) is 7.63. The number of hydrogen-bond acceptors (Lipinski definition) is 2. The van der Waals surface area contributed by atoms with Gasteiger partial charge in [0.15, 0.2) is 0 Å². The highest BCUT2D eigenvalue weighted by molar-refractivity contribution is 5.86. The van der Waals surface area contributed by atoms with Gasteiger partial charge in [0.25, 0.3) is 0 Å². The molecule has 3 nitrogen and oxygen atoms in total. The molecule has 3 heteroatoms. The van der Waals surface area contributed by atoms with Crippen molar-refractivity contribution >= 4 is 11.6 Å². The van der Waals surface area contributed by atoms with Crippen LogP contribution in [0, 0.1) is 12.3 Å². The molecular formula is C20H20N2O. The van der Waals surface area contributed by atoms with Crippen LogP contribution in [-0.4, -0.2) is 23.9 Å². The molecule has 0 aliphatic carbocycles. The van der Waals surface area contributed by atoms with Crippen molar-refractivity contribution in [1.82, 2.24) is 4.90 Å². The van der Waals surface area contributed by atoms with Crippen molar-refractivity contribution in [2.24, 2.45) is 0 Å². The SMILES string of the molecule is C#Cc1cccc(NC(C(=O)N2CCCC2)c2ccccc2)c1. The number of hydrogen-bond donors (Lipinski definition) is 1. The average Bonchev–Trinajstić information content (AvgIpc) is 3.15. The van der Waals surface area contributed by atoms with Gasteiger partial charge in [-0.1, -0.05) is 42.3 Å². The lowest BCUT2D eigenvalue weighted by Gasteiger charge is -2.25. The smallest absolute Gasteiger partial charge is 0.249 e. The van der Waals surface area contributed by atoms with Gasteiger partial charge in [-0.3, -0.25) is 4.79 Å². The van der Waals surface area contributed by atoms with Crippen LogP contribution in [0.15, 0.2) is 54.6 Å². The van der Waals surface area contributed by atoms with Crippen molar-refractivity contribution in [1.29, 1.82) is 0 Å². The van der Waals surface area contributed by atoms with Crippen LogP contribution in [0.3, 0.4) is 0 Å². The van der Waals surface area contributed by atoms with Gasteiger partial charge in [0, 0.05) is 24.3 Å². The molecule has 1 saturated heterocycles. The number of terminal acetylenes is 1. The summed E-state index contributed by atoms with van der Waals surface area (Å²) < 4.78 is 0. The molecule has 0 radical (unpaired) electrons. The molecule has 1 aliphatic rings. The number of nitrogens with zero attached hydrogens (tertiary/aromatic N) is 1. The van der Waals surface area contributed by atoms with Gasteiger partial charge in [0.2, 0.25) is 5.91 Å². The summed E-state index contributed by atoms with van der Waals surface area (Å²) in [5.41, 5.74) is 2.63. The first-order valence-electron chi connectivity index (χ1n) is 7.95. The van der Waals surface area contributed by atoms with Gasteiger partial charge in [-0.25, -0.2) is 0 Å². The second-order valence-electron chi connectivity index (χ2n) is 5.75. The first kappa shape index (κ1) is 15.2. The number of amides is 1. The van der Waals surface area contributed by atoms with Crippen LogP contribution in [0.2, 0.25) is 0 Å². The zero-order valence-electron chi connectivity index (χ0n) is 13.0. The summed E-state index contributed by atoms with van der Waals surface area (Å²) in [5, 5.41) is 3.36. The van der Waals surface area contributed by atoms with Crippen LogP contribution in [0.1, 0.15) is 30.0 Å². The highest BCUT2D eigenvalue weighted by Gasteiger charge is 2.27. The number of carbonyl (C=O) groups is 1. The number of carbonyl (C=O) groups excluding carboxylic acids is 1. The molecule has 1 N–H and O–H groups in total. The van der Waals surface area contributed by atoms with Crippen LogP contribution in [0.4, 0.5) is 5.69 Å². The van der Waals surface area contributed by atoms with E-state index in [0.717, 1.165) is 42.7 Å². The third-order valence-electron chi connectivity index (χ3n) is 4.14. The Morgan fingerprint density at radius 2 is 1.83 bits per heavy atom. The zero-order valence-corrected chi connectivity index (χ0v) is 13.0. The Labute approximate surface area is 137 Å². The van der Waals surface area contributed by atoms with Gasteiger partial charge in [-0.15, -0.1) is 6.42 Å². The van der Waals surface area contributed by atoms with E-state index in [1.165, 1.54) is 0 Å². The first-order valence-corrected chi connectivity index (χ1v) is 7.95. The van der Waals surface area contributed by atoms with Crippen LogP contribution >= 0.6 is 0 Å². The van der Waals surface area contributed by atoms with Gasteiger partial charge < -0.3 is 10.2 Å². The van der Waals surface area contributed by atoms with Crippen molar-refractivity contribution < 1.29 is 4.79 Å². The maximum atomic E-state index is 12.9. The van der Waals surface area contributed by atoms with E-state index >= 15 is 0 Å². The Balaban J connectivity index is 1.88. The molecule has 1 aliphatic heterocycles. The van der Waals surface area contributed by atoms with Crippen LogP contribution in [-0.2, 0) is 4.79 Å². The Morgan fingerprint density at radius 1 is 1.09 bits per heavy atom. The van der Waals surface area contributed by atoms with E-state index < -0.39 is 0 Å². The fraction of sp³-hybridized carbons (Fsp3) is 0.250. The maximum Gasteiger partial charge on any atom is 0.249 e. The topological polar surface area (TPSA) is 32.3 Å². The first-order chi connectivity index (χ1) is 11.3. The highest BCUT2D eigenvalue weighted by atomic mass is 16.2.